The van der Waals surface area contributed by atoms with Crippen molar-refractivity contribution in [2.45, 2.75) is 59.1 Å². The molecule has 0 bridgehead atoms. The van der Waals surface area contributed by atoms with Gasteiger partial charge < -0.3 is 14.8 Å². The number of carbonyl (C=O) groups excluding carboxylic acids is 3. The Balaban J connectivity index is 2.54. The zero-order valence-corrected chi connectivity index (χ0v) is 19.8. The zero-order chi connectivity index (χ0) is 25.1. The number of aliphatic imine (C=N–C) groups is 1. The summed E-state index contributed by atoms with van der Waals surface area (Å²) in [6, 6.07) is 4.74. The number of esters is 2. The minimum Gasteiger partial charge on any atom is -0.468 e. The second-order valence-electron chi connectivity index (χ2n) is 8.81. The van der Waals surface area contributed by atoms with Crippen LogP contribution in [0.4, 0.5) is 5.69 Å². The summed E-state index contributed by atoms with van der Waals surface area (Å²) in [7, 11) is 1.22. The number of hydrogen-bond donors (Lipinski definition) is 1. The van der Waals surface area contributed by atoms with Gasteiger partial charge in [-0.1, -0.05) is 12.1 Å². The summed E-state index contributed by atoms with van der Waals surface area (Å²) in [4.78, 5) is 53.5. The van der Waals surface area contributed by atoms with E-state index in [0.717, 1.165) is 0 Å². The fraction of sp³-hybridized carbons (Fsp3) is 0.478. The number of non-ortho nitro benzene ring substituents is 1. The van der Waals surface area contributed by atoms with Gasteiger partial charge in [0.25, 0.3) is 5.69 Å². The summed E-state index contributed by atoms with van der Waals surface area (Å²) < 4.78 is 10.3. The van der Waals surface area contributed by atoms with Crippen molar-refractivity contribution in [2.75, 3.05) is 7.11 Å². The SMILES string of the molecule is COC(=O)C1C(C)=NC(C)=C(C(=O)N[C@@H](C)C(=O)OC(C)(C)C)C1c1cccc([N+](=O)[O-])c1. The quantitative estimate of drug-likeness (QED) is 0.392. The van der Waals surface area contributed by atoms with Crippen LogP contribution in [-0.2, 0) is 23.9 Å². The molecule has 3 atom stereocenters. The fourth-order valence-electron chi connectivity index (χ4n) is 3.68. The molecule has 1 aliphatic rings. The number of amides is 1. The Morgan fingerprint density at radius 3 is 2.39 bits per heavy atom. The van der Waals surface area contributed by atoms with Gasteiger partial charge in [-0.2, -0.15) is 0 Å². The number of nitrogens with one attached hydrogen (secondary N) is 1. The number of nitrogens with zero attached hydrogens (tertiary/aromatic N) is 2. The molecule has 33 heavy (non-hydrogen) atoms. The highest BCUT2D eigenvalue weighted by Gasteiger charge is 2.42. The van der Waals surface area contributed by atoms with Crippen LogP contribution >= 0.6 is 0 Å². The van der Waals surface area contributed by atoms with E-state index in [-0.39, 0.29) is 11.3 Å². The summed E-state index contributed by atoms with van der Waals surface area (Å²) in [6.07, 6.45) is 0. The van der Waals surface area contributed by atoms with E-state index in [1.165, 1.54) is 32.2 Å². The Bertz CT molecular complexity index is 1040. The van der Waals surface area contributed by atoms with Crippen LogP contribution in [0.15, 0.2) is 40.5 Å². The molecule has 1 aliphatic heterocycles. The van der Waals surface area contributed by atoms with Gasteiger partial charge in [-0.25, -0.2) is 4.79 Å². The lowest BCUT2D eigenvalue weighted by atomic mass is 9.75. The Hall–Kier alpha value is -3.56. The third-order valence-corrected chi connectivity index (χ3v) is 5.08. The third-order valence-electron chi connectivity index (χ3n) is 5.08. The number of hydrogen-bond acceptors (Lipinski definition) is 8. The number of carbonyl (C=O) groups is 3. The van der Waals surface area contributed by atoms with Gasteiger partial charge in [-0.05, 0) is 47.1 Å². The van der Waals surface area contributed by atoms with E-state index >= 15 is 0 Å². The molecule has 178 valence electrons. The van der Waals surface area contributed by atoms with Gasteiger partial charge in [0.2, 0.25) is 5.91 Å². The molecule has 2 unspecified atom stereocenters. The first-order valence-electron chi connectivity index (χ1n) is 10.4. The van der Waals surface area contributed by atoms with Gasteiger partial charge in [-0.15, -0.1) is 0 Å². The van der Waals surface area contributed by atoms with Crippen LogP contribution in [0.1, 0.15) is 53.0 Å². The molecule has 0 saturated carbocycles. The summed E-state index contributed by atoms with van der Waals surface area (Å²) in [5.74, 6) is -3.77. The number of ether oxygens (including phenoxy) is 2. The van der Waals surface area contributed by atoms with Crippen LogP contribution in [0, 0.1) is 16.0 Å². The Labute approximate surface area is 192 Å². The van der Waals surface area contributed by atoms with Crippen molar-refractivity contribution in [2.24, 2.45) is 10.9 Å². The Morgan fingerprint density at radius 1 is 1.21 bits per heavy atom. The van der Waals surface area contributed by atoms with Crippen LogP contribution < -0.4 is 5.32 Å². The lowest BCUT2D eigenvalue weighted by Gasteiger charge is -2.32. The highest BCUT2D eigenvalue weighted by Crippen LogP contribution is 2.40. The lowest BCUT2D eigenvalue weighted by Crippen LogP contribution is -2.45. The van der Waals surface area contributed by atoms with E-state index in [9.17, 15) is 24.5 Å². The molecule has 0 aromatic heterocycles. The summed E-state index contributed by atoms with van der Waals surface area (Å²) in [5, 5.41) is 13.9. The number of nitro benzene ring substituents is 1. The second-order valence-corrected chi connectivity index (χ2v) is 8.81. The summed E-state index contributed by atoms with van der Waals surface area (Å²) >= 11 is 0. The molecular formula is C23H29N3O7. The highest BCUT2D eigenvalue weighted by molar-refractivity contribution is 6.08. The monoisotopic (exact) mass is 459 g/mol. The van der Waals surface area contributed by atoms with Gasteiger partial charge in [0.1, 0.15) is 17.6 Å². The Kier molecular flexibility index (Phi) is 7.73. The standard InChI is InChI=1S/C23H29N3O7/c1-12-17(20(27)25-14(3)21(28)33-23(4,5)6)19(18(13(2)24-12)22(29)32-7)15-9-8-10-16(11-15)26(30)31/h8-11,14,18-19H,1-7H3,(H,25,27)/t14-,18?,19?/m0/s1. The van der Waals surface area contributed by atoms with E-state index < -0.39 is 46.2 Å². The maximum Gasteiger partial charge on any atom is 0.328 e. The number of allylic oxidation sites excluding steroid dienone is 1. The third kappa shape index (κ3) is 6.03. The van der Waals surface area contributed by atoms with Gasteiger partial charge in [-0.3, -0.25) is 24.7 Å². The van der Waals surface area contributed by atoms with E-state index in [4.69, 9.17) is 9.47 Å². The molecule has 2 rings (SSSR count). The average molecular weight is 459 g/mol. The molecule has 1 amide bonds. The van der Waals surface area contributed by atoms with E-state index in [0.29, 0.717) is 17.0 Å². The average Bonchev–Trinajstić information content (AvgIpc) is 2.71. The van der Waals surface area contributed by atoms with Gasteiger partial charge in [0, 0.05) is 35.0 Å². The smallest absolute Gasteiger partial charge is 0.328 e. The highest BCUT2D eigenvalue weighted by atomic mass is 16.6. The first kappa shape index (κ1) is 25.7. The fourth-order valence-corrected chi connectivity index (χ4v) is 3.68. The molecule has 0 spiro atoms. The van der Waals surface area contributed by atoms with Gasteiger partial charge in [0.15, 0.2) is 0 Å². The lowest BCUT2D eigenvalue weighted by molar-refractivity contribution is -0.384. The molecule has 1 N–H and O–H groups in total. The topological polar surface area (TPSA) is 137 Å². The predicted molar refractivity (Wildman–Crippen MR) is 121 cm³/mol. The van der Waals surface area contributed by atoms with E-state index in [2.05, 4.69) is 10.3 Å². The first-order chi connectivity index (χ1) is 15.3. The van der Waals surface area contributed by atoms with Crippen molar-refractivity contribution in [1.29, 1.82) is 0 Å². The van der Waals surface area contributed by atoms with Crippen molar-refractivity contribution in [3.8, 4) is 0 Å². The van der Waals surface area contributed by atoms with Crippen LogP contribution in [0.25, 0.3) is 0 Å². The van der Waals surface area contributed by atoms with Crippen molar-refractivity contribution in [3.05, 3.63) is 51.2 Å². The molecule has 1 heterocycles. The Morgan fingerprint density at radius 2 is 1.85 bits per heavy atom. The van der Waals surface area contributed by atoms with Crippen molar-refractivity contribution < 1.29 is 28.8 Å². The number of benzene rings is 1. The molecule has 0 fully saturated rings. The maximum atomic E-state index is 13.3. The molecule has 0 aliphatic carbocycles. The minimum absolute atomic E-state index is 0.118. The second kappa shape index (κ2) is 9.93. The van der Waals surface area contributed by atoms with Crippen molar-refractivity contribution >= 4 is 29.2 Å². The first-order valence-corrected chi connectivity index (χ1v) is 10.4. The molecule has 1 aromatic carbocycles. The zero-order valence-electron chi connectivity index (χ0n) is 19.8. The molecule has 1 aromatic rings. The van der Waals surface area contributed by atoms with Crippen molar-refractivity contribution in [3.63, 3.8) is 0 Å². The van der Waals surface area contributed by atoms with Crippen LogP contribution in [-0.4, -0.2) is 47.2 Å². The minimum atomic E-state index is -0.980. The number of rotatable bonds is 6. The molecule has 10 nitrogen and oxygen atoms in total. The van der Waals surface area contributed by atoms with Gasteiger partial charge >= 0.3 is 11.9 Å². The predicted octanol–water partition coefficient (Wildman–Crippen LogP) is 3.06. The van der Waals surface area contributed by atoms with E-state index in [1.807, 2.05) is 0 Å². The van der Waals surface area contributed by atoms with Crippen LogP contribution in [0.3, 0.4) is 0 Å². The molecule has 0 radical (unpaired) electrons. The van der Waals surface area contributed by atoms with Crippen LogP contribution in [0.5, 0.6) is 0 Å². The maximum absolute atomic E-state index is 13.3. The van der Waals surface area contributed by atoms with Gasteiger partial charge in [0.05, 0.1) is 12.0 Å². The normalized spacial score (nSPS) is 19.3. The van der Waals surface area contributed by atoms with E-state index in [1.54, 1.807) is 40.7 Å². The number of methoxy groups -OCH3 is 1. The summed E-state index contributed by atoms with van der Waals surface area (Å²) in [5.41, 5.74) is 0.315. The molecule has 10 heteroatoms. The molecular weight excluding hydrogens is 430 g/mol. The van der Waals surface area contributed by atoms with Crippen LogP contribution in [0.2, 0.25) is 0 Å². The molecule has 0 saturated heterocycles. The number of nitro groups is 1. The van der Waals surface area contributed by atoms with Crippen molar-refractivity contribution in [1.82, 2.24) is 5.32 Å². The summed E-state index contributed by atoms with van der Waals surface area (Å²) in [6.45, 7) is 9.86. The largest absolute Gasteiger partial charge is 0.468 e.